The van der Waals surface area contributed by atoms with E-state index in [1.807, 2.05) is 24.3 Å². The first kappa shape index (κ1) is 17.1. The molecule has 5 heteroatoms. The van der Waals surface area contributed by atoms with Crippen molar-refractivity contribution in [1.29, 1.82) is 0 Å². The number of phenols is 2. The fourth-order valence-electron chi connectivity index (χ4n) is 2.35. The van der Waals surface area contributed by atoms with Crippen LogP contribution in [0.2, 0.25) is 0 Å². The van der Waals surface area contributed by atoms with Crippen LogP contribution in [0.1, 0.15) is 21.5 Å². The highest BCUT2D eigenvalue weighted by Gasteiger charge is 2.16. The van der Waals surface area contributed by atoms with Crippen molar-refractivity contribution in [3.05, 3.63) is 95.6 Å². The highest BCUT2D eigenvalue weighted by molar-refractivity contribution is 6.51. The zero-order valence-corrected chi connectivity index (χ0v) is 13.8. The normalized spacial score (nSPS) is 11.6. The van der Waals surface area contributed by atoms with E-state index < -0.39 is 0 Å². The van der Waals surface area contributed by atoms with Crippen LogP contribution in [0, 0.1) is 0 Å². The van der Waals surface area contributed by atoms with Crippen LogP contribution < -0.4 is 0 Å². The molecule has 0 radical (unpaired) electrons. The lowest BCUT2D eigenvalue weighted by atomic mass is 10.0. The zero-order chi connectivity index (χ0) is 18.4. The molecular formula is C21H16N2O3. The maximum Gasteiger partial charge on any atom is 0.213 e. The lowest BCUT2D eigenvalue weighted by Crippen LogP contribution is -2.15. The van der Waals surface area contributed by atoms with E-state index in [0.29, 0.717) is 16.7 Å². The molecule has 0 saturated carbocycles. The second-order valence-corrected chi connectivity index (χ2v) is 5.50. The number of hydrogen-bond donors (Lipinski definition) is 2. The quantitative estimate of drug-likeness (QED) is 0.419. The van der Waals surface area contributed by atoms with Crippen LogP contribution in [0.3, 0.4) is 0 Å². The molecule has 0 heterocycles. The third kappa shape index (κ3) is 4.02. The van der Waals surface area contributed by atoms with Crippen molar-refractivity contribution in [1.82, 2.24) is 0 Å². The minimum atomic E-state index is -0.246. The van der Waals surface area contributed by atoms with Gasteiger partial charge in [0.1, 0.15) is 17.2 Å². The van der Waals surface area contributed by atoms with Gasteiger partial charge in [-0.05, 0) is 12.1 Å². The second kappa shape index (κ2) is 7.90. The lowest BCUT2D eigenvalue weighted by molar-refractivity contribution is 0.106. The lowest BCUT2D eigenvalue weighted by Gasteiger charge is -2.04. The van der Waals surface area contributed by atoms with Crippen molar-refractivity contribution in [3.63, 3.8) is 0 Å². The van der Waals surface area contributed by atoms with Gasteiger partial charge < -0.3 is 10.2 Å². The first-order valence-electron chi connectivity index (χ1n) is 7.93. The fraction of sp³-hybridized carbons (Fsp3) is 0. The molecule has 0 bridgehead atoms. The number of ketones is 1. The molecule has 0 fully saturated rings. The predicted octanol–water partition coefficient (Wildman–Crippen LogP) is 3.80. The number of phenolic OH excluding ortho intramolecular Hbond substituents is 2. The van der Waals surface area contributed by atoms with E-state index in [-0.39, 0.29) is 23.0 Å². The summed E-state index contributed by atoms with van der Waals surface area (Å²) in [4.78, 5) is 12.8. The standard InChI is InChI=1S/C21H16N2O3/c24-18-12-11-17(19(25)13-18)14-22-23-20(15-7-3-1-4-8-15)21(26)16-9-5-2-6-10-16/h1-14,24-25H. The van der Waals surface area contributed by atoms with Gasteiger partial charge in [-0.1, -0.05) is 60.7 Å². The molecule has 0 aliphatic heterocycles. The number of Topliss-reactive ketones (excluding diaryl/α,β-unsaturated/α-hetero) is 1. The maximum absolute atomic E-state index is 12.8. The Balaban J connectivity index is 1.96. The van der Waals surface area contributed by atoms with Gasteiger partial charge in [0.25, 0.3) is 0 Å². The Morgan fingerprint density at radius 2 is 1.42 bits per heavy atom. The monoisotopic (exact) mass is 344 g/mol. The average molecular weight is 344 g/mol. The molecule has 3 rings (SSSR count). The summed E-state index contributed by atoms with van der Waals surface area (Å²) in [6.45, 7) is 0. The Labute approximate surface area is 150 Å². The third-order valence-electron chi connectivity index (χ3n) is 3.67. The van der Waals surface area contributed by atoms with Crippen molar-refractivity contribution in [2.45, 2.75) is 0 Å². The Bertz CT molecular complexity index is 965. The maximum atomic E-state index is 12.8. The van der Waals surface area contributed by atoms with E-state index in [2.05, 4.69) is 10.2 Å². The van der Waals surface area contributed by atoms with Gasteiger partial charge in [0, 0.05) is 22.8 Å². The molecule has 128 valence electrons. The van der Waals surface area contributed by atoms with Crippen LogP contribution in [0.5, 0.6) is 11.5 Å². The summed E-state index contributed by atoms with van der Waals surface area (Å²) in [5, 5.41) is 27.2. The van der Waals surface area contributed by atoms with Crippen molar-refractivity contribution in [3.8, 4) is 11.5 Å². The van der Waals surface area contributed by atoms with Gasteiger partial charge in [0.2, 0.25) is 5.78 Å². The summed E-state index contributed by atoms with van der Waals surface area (Å²) in [6.07, 6.45) is 1.33. The molecule has 0 aromatic heterocycles. The van der Waals surface area contributed by atoms with E-state index in [9.17, 15) is 15.0 Å². The number of benzene rings is 3. The largest absolute Gasteiger partial charge is 0.508 e. The van der Waals surface area contributed by atoms with Crippen LogP contribution in [-0.2, 0) is 0 Å². The number of nitrogens with zero attached hydrogens (tertiary/aromatic N) is 2. The number of aromatic hydroxyl groups is 2. The summed E-state index contributed by atoms with van der Waals surface area (Å²) in [6, 6.07) is 22.0. The van der Waals surface area contributed by atoms with Crippen LogP contribution >= 0.6 is 0 Å². The van der Waals surface area contributed by atoms with Crippen LogP contribution in [0.15, 0.2) is 89.1 Å². The molecule has 0 amide bonds. The number of carbonyl (C=O) groups excluding carboxylic acids is 1. The second-order valence-electron chi connectivity index (χ2n) is 5.50. The summed E-state index contributed by atoms with van der Waals surface area (Å²) in [5.74, 6) is -0.421. The summed E-state index contributed by atoms with van der Waals surface area (Å²) < 4.78 is 0. The molecule has 2 N–H and O–H groups in total. The SMILES string of the molecule is O=C(C(=NN=Cc1ccc(O)cc1O)c1ccccc1)c1ccccc1. The Morgan fingerprint density at radius 1 is 0.808 bits per heavy atom. The van der Waals surface area contributed by atoms with Gasteiger partial charge in [-0.3, -0.25) is 4.79 Å². The van der Waals surface area contributed by atoms with Crippen molar-refractivity contribution < 1.29 is 15.0 Å². The summed E-state index contributed by atoms with van der Waals surface area (Å²) >= 11 is 0. The Morgan fingerprint density at radius 3 is 2.04 bits per heavy atom. The average Bonchev–Trinajstić information content (AvgIpc) is 2.67. The number of rotatable bonds is 5. The topological polar surface area (TPSA) is 82.2 Å². The van der Waals surface area contributed by atoms with Crippen molar-refractivity contribution in [2.75, 3.05) is 0 Å². The van der Waals surface area contributed by atoms with Gasteiger partial charge in [0.15, 0.2) is 0 Å². The predicted molar refractivity (Wildman–Crippen MR) is 101 cm³/mol. The first-order chi connectivity index (χ1) is 12.6. The highest BCUT2D eigenvalue weighted by Crippen LogP contribution is 2.21. The van der Waals surface area contributed by atoms with E-state index >= 15 is 0 Å². The van der Waals surface area contributed by atoms with Gasteiger partial charge in [0.05, 0.1) is 6.21 Å². The molecular weight excluding hydrogens is 328 g/mol. The summed E-state index contributed by atoms with van der Waals surface area (Å²) in [5.41, 5.74) is 1.74. The van der Waals surface area contributed by atoms with Gasteiger partial charge in [-0.25, -0.2) is 0 Å². The van der Waals surface area contributed by atoms with E-state index in [1.54, 1.807) is 36.4 Å². The molecule has 5 nitrogen and oxygen atoms in total. The van der Waals surface area contributed by atoms with Crippen LogP contribution in [-0.4, -0.2) is 27.9 Å². The van der Waals surface area contributed by atoms with E-state index in [0.717, 1.165) is 0 Å². The van der Waals surface area contributed by atoms with Crippen molar-refractivity contribution >= 4 is 17.7 Å². The van der Waals surface area contributed by atoms with Crippen molar-refractivity contribution in [2.24, 2.45) is 10.2 Å². The Kier molecular flexibility index (Phi) is 5.19. The molecule has 0 atom stereocenters. The highest BCUT2D eigenvalue weighted by atomic mass is 16.3. The molecule has 0 spiro atoms. The minimum Gasteiger partial charge on any atom is -0.508 e. The van der Waals surface area contributed by atoms with E-state index in [1.165, 1.54) is 24.4 Å². The van der Waals surface area contributed by atoms with Gasteiger partial charge in [-0.2, -0.15) is 5.10 Å². The van der Waals surface area contributed by atoms with Crippen LogP contribution in [0.25, 0.3) is 0 Å². The minimum absolute atomic E-state index is 0.0487. The van der Waals surface area contributed by atoms with Gasteiger partial charge in [-0.15, -0.1) is 5.10 Å². The Hall–Kier alpha value is -3.73. The molecule has 0 unspecified atom stereocenters. The molecule has 3 aromatic carbocycles. The smallest absolute Gasteiger partial charge is 0.213 e. The fourth-order valence-corrected chi connectivity index (χ4v) is 2.35. The molecule has 3 aromatic rings. The molecule has 26 heavy (non-hydrogen) atoms. The van der Waals surface area contributed by atoms with E-state index in [4.69, 9.17) is 0 Å². The molecule has 0 saturated heterocycles. The number of carbonyl (C=O) groups is 1. The number of hydrogen-bond acceptors (Lipinski definition) is 5. The zero-order valence-electron chi connectivity index (χ0n) is 13.8. The van der Waals surface area contributed by atoms with Gasteiger partial charge >= 0.3 is 0 Å². The first-order valence-corrected chi connectivity index (χ1v) is 7.93. The summed E-state index contributed by atoms with van der Waals surface area (Å²) in [7, 11) is 0. The molecule has 0 aliphatic rings. The molecule has 0 aliphatic carbocycles. The van der Waals surface area contributed by atoms with Crippen LogP contribution in [0.4, 0.5) is 0 Å². The third-order valence-corrected chi connectivity index (χ3v) is 3.67.